The molecule has 0 aliphatic carbocycles. The van der Waals surface area contributed by atoms with E-state index in [-0.39, 0.29) is 106 Å². The molecule has 27 nitrogen and oxygen atoms in total. The fourth-order valence-corrected chi connectivity index (χ4v) is 12.0. The highest BCUT2D eigenvalue weighted by Gasteiger charge is 2.44. The van der Waals surface area contributed by atoms with Gasteiger partial charge in [-0.25, -0.2) is 4.79 Å². The molecule has 0 radical (unpaired) electrons. The van der Waals surface area contributed by atoms with Crippen LogP contribution in [0.4, 0.5) is 10.5 Å². The summed E-state index contributed by atoms with van der Waals surface area (Å²) < 4.78 is 12.2. The van der Waals surface area contributed by atoms with Crippen molar-refractivity contribution < 1.29 is 62.8 Å². The van der Waals surface area contributed by atoms with Crippen LogP contribution in [0.3, 0.4) is 0 Å². The first-order valence-electron chi connectivity index (χ1n) is 31.1. The SMILES string of the molecule is CC[C@H](C)C([C@@H](CC(=O)N1CCC[C@H]1[C@H](OC)[C@@H](C)C(O)N[C@H](CN=[N+]=[N-])Cc1ccc(NC(=O)[C@H](CCCNC(N)=O)NC(=O)[C@@H](NC(=O)CCC(=O)N2CCC(C(=O)O)CC2)C(C)C)cc1)OC)N(C)C(=O)[C@@H](NC(=O)[C@H](C(C)C)N(C)C)C(C)C. The fraction of sp³-hybridized carbons (Fsp3) is 0.754. The van der Waals surface area contributed by atoms with Crippen molar-refractivity contribution in [2.75, 3.05) is 73.4 Å². The molecule has 2 aliphatic heterocycles. The molecule has 2 heterocycles. The number of aliphatic hydroxyl groups is 1. The van der Waals surface area contributed by atoms with E-state index in [1.807, 2.05) is 67.5 Å². The highest BCUT2D eigenvalue weighted by atomic mass is 16.5. The molecule has 27 heteroatoms. The van der Waals surface area contributed by atoms with Crippen LogP contribution in [0.25, 0.3) is 10.4 Å². The number of rotatable bonds is 37. The number of carboxylic acid groups (broad SMARTS) is 1. The van der Waals surface area contributed by atoms with Crippen molar-refractivity contribution in [3.8, 4) is 0 Å². The fourth-order valence-electron chi connectivity index (χ4n) is 12.0. The molecule has 2 unspecified atom stereocenters. The van der Waals surface area contributed by atoms with Crippen LogP contribution in [0.1, 0.15) is 132 Å². The Balaban J connectivity index is 1.73. The number of hydrogen-bond acceptors (Lipinski definition) is 15. The van der Waals surface area contributed by atoms with Crippen LogP contribution in [0, 0.1) is 35.5 Å². The minimum atomic E-state index is -1.21. The van der Waals surface area contributed by atoms with E-state index in [1.165, 1.54) is 19.1 Å². The molecule has 1 aromatic rings. The zero-order chi connectivity index (χ0) is 66.1. The Morgan fingerprint density at radius 2 is 1.44 bits per heavy atom. The average Bonchev–Trinajstić information content (AvgIpc) is 2.73. The number of benzene rings is 1. The molecular weight excluding hydrogens is 1140 g/mol. The van der Waals surface area contributed by atoms with Crippen LogP contribution in [-0.2, 0) is 54.3 Å². The number of methoxy groups -OCH3 is 2. The summed E-state index contributed by atoms with van der Waals surface area (Å²) in [5, 5.41) is 41.9. The van der Waals surface area contributed by atoms with Crippen LogP contribution >= 0.6 is 0 Å². The summed E-state index contributed by atoms with van der Waals surface area (Å²) in [5.74, 6) is -5.58. The van der Waals surface area contributed by atoms with E-state index in [0.29, 0.717) is 44.3 Å². The number of nitrogens with zero attached hydrogens (tertiary/aromatic N) is 7. The van der Waals surface area contributed by atoms with Crippen molar-refractivity contribution in [2.45, 2.75) is 194 Å². The Bertz CT molecular complexity index is 2480. The van der Waals surface area contributed by atoms with Crippen molar-refractivity contribution in [2.24, 2.45) is 46.4 Å². The molecule has 3 rings (SSSR count). The number of piperidine rings is 1. The molecule has 496 valence electrons. The maximum Gasteiger partial charge on any atom is 0.312 e. The number of hydrogen-bond donors (Lipinski definition) is 9. The number of nitrogens with one attached hydrogen (secondary N) is 6. The van der Waals surface area contributed by atoms with Gasteiger partial charge in [-0.2, -0.15) is 0 Å². The number of likely N-dealkylation sites (tertiary alicyclic amines) is 2. The van der Waals surface area contributed by atoms with E-state index in [1.54, 1.807) is 55.0 Å². The third kappa shape index (κ3) is 23.1. The van der Waals surface area contributed by atoms with Crippen LogP contribution in [0.15, 0.2) is 29.4 Å². The van der Waals surface area contributed by atoms with Gasteiger partial charge in [0.15, 0.2) is 0 Å². The zero-order valence-corrected chi connectivity index (χ0v) is 54.5. The molecular formula is C61H104N14O13. The van der Waals surface area contributed by atoms with Gasteiger partial charge in [-0.1, -0.05) is 86.0 Å². The number of amides is 9. The number of urea groups is 1. The summed E-state index contributed by atoms with van der Waals surface area (Å²) in [4.78, 5) is 129. The maximum absolute atomic E-state index is 14.5. The lowest BCUT2D eigenvalue weighted by Crippen LogP contribution is -2.59. The maximum atomic E-state index is 14.5. The summed E-state index contributed by atoms with van der Waals surface area (Å²) in [6, 6.07) is 1.000. The molecule has 88 heavy (non-hydrogen) atoms. The minimum Gasteiger partial charge on any atom is -0.481 e. The summed E-state index contributed by atoms with van der Waals surface area (Å²) in [6.07, 6.45) is 0.246. The Kier molecular flexibility index (Phi) is 32.1. The van der Waals surface area contributed by atoms with E-state index < -0.39 is 108 Å². The lowest BCUT2D eigenvalue weighted by molar-refractivity contribution is -0.147. The first kappa shape index (κ1) is 75.6. The minimum absolute atomic E-state index is 0.00219. The predicted octanol–water partition coefficient (Wildman–Crippen LogP) is 3.58. The molecule has 12 atom stereocenters. The second kappa shape index (κ2) is 37.4. The standard InChI is InChI=1S/C61H104N14O13/c1-15-38(8)53(73(12)59(83)51(36(4)5)70-58(82)52(37(6)7)72(10)11)46(87-13)33-49(78)75-29-17-19-45(75)54(88-14)39(9)55(79)67-43(34-65-71-63)32-40-20-22-42(23-21-40)66-56(80)44(18-16-28-64-61(62)86)68-57(81)50(35(2)3)69-47(76)24-25-48(77)74-30-26-41(27-31-74)60(84)85/h20-23,35-39,41,43-46,50-55,67,79H,15-19,24-34H2,1-14H3,(H,66,80)(H,68,81)(H,69,76)(H,70,82)(H,84,85)(H3,62,64,86)/t38-,39+,43-,44-,45-,46+,50-,51-,52-,53?,54+,55?/m0/s1. The summed E-state index contributed by atoms with van der Waals surface area (Å²) in [6.45, 7) is 18.0. The highest BCUT2D eigenvalue weighted by molar-refractivity contribution is 5.98. The molecule has 0 bridgehead atoms. The number of carbonyl (C=O) groups excluding carboxylic acids is 8. The molecule has 9 amide bonds. The molecule has 1 aromatic carbocycles. The first-order chi connectivity index (χ1) is 41.5. The Labute approximate surface area is 520 Å². The number of aliphatic carboxylic acids is 1. The topological polar surface area (TPSA) is 372 Å². The molecule has 0 aromatic heterocycles. The van der Waals surface area contributed by atoms with E-state index in [4.69, 9.17) is 15.2 Å². The second-order valence-electron chi connectivity index (χ2n) is 24.9. The number of primary amides is 1. The van der Waals surface area contributed by atoms with Gasteiger partial charge >= 0.3 is 12.0 Å². The number of carboxylic acids is 1. The molecule has 2 saturated heterocycles. The van der Waals surface area contributed by atoms with Crippen LogP contribution in [0.5, 0.6) is 0 Å². The van der Waals surface area contributed by atoms with Crippen molar-refractivity contribution in [1.82, 2.24) is 46.2 Å². The number of likely N-dealkylation sites (N-methyl/N-ethyl adjacent to an activating group) is 2. The predicted molar refractivity (Wildman–Crippen MR) is 333 cm³/mol. The third-order valence-corrected chi connectivity index (χ3v) is 17.2. The van der Waals surface area contributed by atoms with Crippen molar-refractivity contribution in [3.63, 3.8) is 0 Å². The van der Waals surface area contributed by atoms with Crippen molar-refractivity contribution in [3.05, 3.63) is 40.3 Å². The quantitative estimate of drug-likeness (QED) is 0.0151. The van der Waals surface area contributed by atoms with Gasteiger partial charge in [0.25, 0.3) is 0 Å². The van der Waals surface area contributed by atoms with Crippen molar-refractivity contribution >= 4 is 59.0 Å². The smallest absolute Gasteiger partial charge is 0.312 e. The van der Waals surface area contributed by atoms with Gasteiger partial charge in [-0.3, -0.25) is 48.6 Å². The second-order valence-corrected chi connectivity index (χ2v) is 24.9. The van der Waals surface area contributed by atoms with Gasteiger partial charge in [0, 0.05) is 89.4 Å². The van der Waals surface area contributed by atoms with Gasteiger partial charge in [0.1, 0.15) is 24.4 Å². The van der Waals surface area contributed by atoms with E-state index in [2.05, 4.69) is 41.9 Å². The first-order valence-corrected chi connectivity index (χ1v) is 31.1. The van der Waals surface area contributed by atoms with E-state index in [9.17, 15) is 58.9 Å². The number of anilines is 1. The van der Waals surface area contributed by atoms with Crippen LogP contribution < -0.4 is 37.6 Å². The summed E-state index contributed by atoms with van der Waals surface area (Å²) >= 11 is 0. The van der Waals surface area contributed by atoms with Crippen molar-refractivity contribution in [1.29, 1.82) is 0 Å². The largest absolute Gasteiger partial charge is 0.481 e. The Morgan fingerprint density at radius 1 is 0.807 bits per heavy atom. The van der Waals surface area contributed by atoms with Gasteiger partial charge in [-0.05, 0) is 106 Å². The van der Waals surface area contributed by atoms with Gasteiger partial charge in [0.2, 0.25) is 41.4 Å². The Morgan fingerprint density at radius 3 is 1.98 bits per heavy atom. The number of nitrogens with two attached hydrogens (primary N) is 1. The van der Waals surface area contributed by atoms with Crippen LogP contribution in [-0.4, -0.2) is 212 Å². The van der Waals surface area contributed by atoms with E-state index in [0.717, 1.165) is 5.56 Å². The number of azide groups is 1. The lowest BCUT2D eigenvalue weighted by atomic mass is 9.89. The molecule has 0 saturated carbocycles. The Hall–Kier alpha value is -6.64. The monoisotopic (exact) mass is 1240 g/mol. The summed E-state index contributed by atoms with van der Waals surface area (Å²) in [5.41, 5.74) is 15.7. The zero-order valence-electron chi connectivity index (χ0n) is 54.5. The number of ether oxygens (including phenoxy) is 2. The van der Waals surface area contributed by atoms with E-state index >= 15 is 0 Å². The highest BCUT2D eigenvalue weighted by Crippen LogP contribution is 2.31. The third-order valence-electron chi connectivity index (χ3n) is 17.2. The van der Waals surface area contributed by atoms with Crippen LogP contribution in [0.2, 0.25) is 0 Å². The lowest BCUT2D eigenvalue weighted by Gasteiger charge is -2.41. The van der Waals surface area contributed by atoms with Gasteiger partial charge in [-0.15, -0.1) is 0 Å². The average molecular weight is 1240 g/mol. The molecule has 10 N–H and O–H groups in total. The summed E-state index contributed by atoms with van der Waals surface area (Å²) in [7, 11) is 8.43. The number of carbonyl (C=O) groups is 9. The molecule has 2 fully saturated rings. The molecule has 2 aliphatic rings. The van der Waals surface area contributed by atoms with Gasteiger partial charge in [0.05, 0.1) is 42.7 Å². The normalized spacial score (nSPS) is 18.4. The molecule has 0 spiro atoms. The number of aliphatic hydroxyl groups excluding tert-OH is 1. The van der Waals surface area contributed by atoms with Gasteiger partial charge < -0.3 is 66.7 Å².